The number of anilines is 1. The zero-order chi connectivity index (χ0) is 27.4. The van der Waals surface area contributed by atoms with Crippen LogP contribution in [-0.4, -0.2) is 58.4 Å². The summed E-state index contributed by atoms with van der Waals surface area (Å²) in [6.07, 6.45) is 7.86. The molecule has 0 spiro atoms. The molecule has 0 amide bonds. The first-order chi connectivity index (χ1) is 18.9. The van der Waals surface area contributed by atoms with Gasteiger partial charge in [-0.25, -0.2) is 23.7 Å². The minimum atomic E-state index is -0.728. The third-order valence-electron chi connectivity index (χ3n) is 6.90. The fourth-order valence-corrected chi connectivity index (χ4v) is 4.84. The van der Waals surface area contributed by atoms with E-state index in [0.717, 1.165) is 50.8 Å². The number of rotatable bonds is 10. The zero-order valence-electron chi connectivity index (χ0n) is 22.6. The lowest BCUT2D eigenvalue weighted by Crippen LogP contribution is -2.34. The molecule has 1 atom stereocenters. The van der Waals surface area contributed by atoms with Crippen molar-refractivity contribution in [3.05, 3.63) is 47.6 Å². The molecular formula is C28H34F2N6O3. The van der Waals surface area contributed by atoms with Gasteiger partial charge in [-0.05, 0) is 44.4 Å². The molecule has 11 heteroatoms. The molecule has 1 saturated heterocycles. The average molecular weight is 541 g/mol. The summed E-state index contributed by atoms with van der Waals surface area (Å²) in [5.41, 5.74) is 0.500. The predicted molar refractivity (Wildman–Crippen MR) is 142 cm³/mol. The van der Waals surface area contributed by atoms with Gasteiger partial charge in [0, 0.05) is 44.0 Å². The number of piperidine rings is 1. The lowest BCUT2D eigenvalue weighted by molar-refractivity contribution is 0.244. The standard InChI is InChI=1S/C28H34F2N6O3/c1-17(2)11-24-34-26(35-39-24)20-15-32-28(33-16-20)36-8-6-19(7-9-36)5-4-10-37-21-12-22(29)25(23(30)13-21)27-31-14-18(3)38-27/h12-13,15-19H,4-11,14H2,1-3H3/t18-/m1/s1. The number of aromatic nitrogens is 4. The van der Waals surface area contributed by atoms with Gasteiger partial charge in [0.05, 0.1) is 18.7 Å². The van der Waals surface area contributed by atoms with E-state index in [0.29, 0.717) is 42.7 Å². The Morgan fingerprint density at radius 3 is 2.46 bits per heavy atom. The molecular weight excluding hydrogens is 506 g/mol. The summed E-state index contributed by atoms with van der Waals surface area (Å²) in [6.45, 7) is 8.54. The van der Waals surface area contributed by atoms with Gasteiger partial charge in [-0.15, -0.1) is 0 Å². The van der Waals surface area contributed by atoms with Crippen LogP contribution in [0.1, 0.15) is 57.9 Å². The molecule has 5 rings (SSSR count). The number of hydrogen-bond acceptors (Lipinski definition) is 9. The fraction of sp³-hybridized carbons (Fsp3) is 0.536. The molecule has 2 aliphatic rings. The van der Waals surface area contributed by atoms with Gasteiger partial charge in [0.15, 0.2) is 0 Å². The molecule has 0 aliphatic carbocycles. The van der Waals surface area contributed by atoms with E-state index in [-0.39, 0.29) is 23.3 Å². The van der Waals surface area contributed by atoms with Crippen LogP contribution in [0, 0.1) is 23.5 Å². The van der Waals surface area contributed by atoms with Gasteiger partial charge in [-0.2, -0.15) is 4.98 Å². The van der Waals surface area contributed by atoms with Crippen LogP contribution >= 0.6 is 0 Å². The van der Waals surface area contributed by atoms with Gasteiger partial charge in [-0.3, -0.25) is 0 Å². The van der Waals surface area contributed by atoms with Crippen molar-refractivity contribution < 1.29 is 22.8 Å². The van der Waals surface area contributed by atoms with E-state index in [1.54, 1.807) is 19.3 Å². The van der Waals surface area contributed by atoms with E-state index < -0.39 is 11.6 Å². The molecule has 2 aliphatic heterocycles. The minimum Gasteiger partial charge on any atom is -0.493 e. The second-order valence-corrected chi connectivity index (χ2v) is 10.6. The van der Waals surface area contributed by atoms with Gasteiger partial charge in [0.25, 0.3) is 0 Å². The summed E-state index contributed by atoms with van der Waals surface area (Å²) >= 11 is 0. The highest BCUT2D eigenvalue weighted by Gasteiger charge is 2.25. The molecule has 1 aromatic carbocycles. The summed E-state index contributed by atoms with van der Waals surface area (Å²) < 4.78 is 45.4. The van der Waals surface area contributed by atoms with Crippen LogP contribution in [-0.2, 0) is 11.2 Å². The molecule has 0 radical (unpaired) electrons. The highest BCUT2D eigenvalue weighted by Crippen LogP contribution is 2.27. The number of nitrogens with zero attached hydrogens (tertiary/aromatic N) is 6. The molecule has 3 aromatic rings. The summed E-state index contributed by atoms with van der Waals surface area (Å²) in [6, 6.07) is 2.39. The Balaban J connectivity index is 1.05. The van der Waals surface area contributed by atoms with Crippen molar-refractivity contribution >= 4 is 11.8 Å². The molecule has 0 N–H and O–H groups in total. The van der Waals surface area contributed by atoms with E-state index in [1.807, 2.05) is 0 Å². The highest BCUT2D eigenvalue weighted by atomic mass is 19.1. The number of ether oxygens (including phenoxy) is 2. The van der Waals surface area contributed by atoms with Crippen molar-refractivity contribution in [2.75, 3.05) is 31.1 Å². The third-order valence-corrected chi connectivity index (χ3v) is 6.90. The van der Waals surface area contributed by atoms with E-state index in [9.17, 15) is 8.78 Å². The van der Waals surface area contributed by atoms with Crippen molar-refractivity contribution in [1.82, 2.24) is 20.1 Å². The first-order valence-corrected chi connectivity index (χ1v) is 13.6. The average Bonchev–Trinajstić information content (AvgIpc) is 3.55. The lowest BCUT2D eigenvalue weighted by atomic mass is 9.92. The summed E-state index contributed by atoms with van der Waals surface area (Å²) in [5, 5.41) is 4.04. The fourth-order valence-electron chi connectivity index (χ4n) is 4.84. The largest absolute Gasteiger partial charge is 0.493 e. The summed E-state index contributed by atoms with van der Waals surface area (Å²) in [7, 11) is 0. The number of benzene rings is 1. The molecule has 0 unspecified atom stereocenters. The first kappa shape index (κ1) is 27.0. The molecule has 39 heavy (non-hydrogen) atoms. The van der Waals surface area contributed by atoms with E-state index in [4.69, 9.17) is 14.0 Å². The highest BCUT2D eigenvalue weighted by molar-refractivity contribution is 5.95. The molecule has 9 nitrogen and oxygen atoms in total. The van der Waals surface area contributed by atoms with Crippen LogP contribution < -0.4 is 9.64 Å². The monoisotopic (exact) mass is 540 g/mol. The van der Waals surface area contributed by atoms with E-state index in [1.165, 1.54) is 12.1 Å². The van der Waals surface area contributed by atoms with Gasteiger partial charge in [-0.1, -0.05) is 19.0 Å². The molecule has 0 bridgehead atoms. The van der Waals surface area contributed by atoms with Crippen LogP contribution in [0.15, 0.2) is 34.0 Å². The molecule has 4 heterocycles. The van der Waals surface area contributed by atoms with E-state index in [2.05, 4.69) is 43.8 Å². The van der Waals surface area contributed by atoms with Crippen LogP contribution in [0.5, 0.6) is 5.75 Å². The molecule has 0 saturated carbocycles. The maximum Gasteiger partial charge on any atom is 0.227 e. The topological polar surface area (TPSA) is 98.8 Å². The maximum absolute atomic E-state index is 14.5. The van der Waals surface area contributed by atoms with Crippen LogP contribution in [0.25, 0.3) is 11.4 Å². The van der Waals surface area contributed by atoms with Crippen LogP contribution in [0.3, 0.4) is 0 Å². The number of halogens is 2. The minimum absolute atomic E-state index is 0.0133. The predicted octanol–water partition coefficient (Wildman–Crippen LogP) is 5.24. The molecule has 1 fully saturated rings. The Bertz CT molecular complexity index is 1270. The second-order valence-electron chi connectivity index (χ2n) is 10.6. The Morgan fingerprint density at radius 2 is 1.82 bits per heavy atom. The number of aliphatic imine (C=N–C) groups is 1. The molecule has 208 valence electrons. The Hall–Kier alpha value is -3.63. The SMILES string of the molecule is CC(C)Cc1nc(-c2cnc(N3CCC(CCCOc4cc(F)c(C5=NC[C@@H](C)O5)c(F)c4)CC3)nc2)no1. The third kappa shape index (κ3) is 6.69. The number of hydrogen-bond donors (Lipinski definition) is 0. The van der Waals surface area contributed by atoms with Crippen molar-refractivity contribution in [1.29, 1.82) is 0 Å². The van der Waals surface area contributed by atoms with Crippen molar-refractivity contribution in [2.24, 2.45) is 16.8 Å². The second kappa shape index (κ2) is 12.0. The lowest BCUT2D eigenvalue weighted by Gasteiger charge is -2.32. The normalized spacial score (nSPS) is 17.9. The van der Waals surface area contributed by atoms with Crippen LogP contribution in [0.4, 0.5) is 14.7 Å². The zero-order valence-corrected chi connectivity index (χ0v) is 22.6. The molecule has 2 aromatic heterocycles. The maximum atomic E-state index is 14.5. The van der Waals surface area contributed by atoms with Crippen molar-refractivity contribution in [3.8, 4) is 17.1 Å². The Labute approximate surface area is 226 Å². The Morgan fingerprint density at radius 1 is 1.10 bits per heavy atom. The summed E-state index contributed by atoms with van der Waals surface area (Å²) in [5.74, 6) is 1.55. The van der Waals surface area contributed by atoms with Gasteiger partial charge < -0.3 is 18.9 Å². The van der Waals surface area contributed by atoms with Gasteiger partial charge in [0.1, 0.15) is 29.1 Å². The quantitative estimate of drug-likeness (QED) is 0.322. The van der Waals surface area contributed by atoms with Gasteiger partial charge >= 0.3 is 0 Å². The van der Waals surface area contributed by atoms with Gasteiger partial charge in [0.2, 0.25) is 23.6 Å². The van der Waals surface area contributed by atoms with E-state index >= 15 is 0 Å². The van der Waals surface area contributed by atoms with Crippen molar-refractivity contribution in [2.45, 2.75) is 59.0 Å². The van der Waals surface area contributed by atoms with Crippen molar-refractivity contribution in [3.63, 3.8) is 0 Å². The van der Waals surface area contributed by atoms with Crippen LogP contribution in [0.2, 0.25) is 0 Å². The first-order valence-electron chi connectivity index (χ1n) is 13.6. The smallest absolute Gasteiger partial charge is 0.227 e. The Kier molecular flexibility index (Phi) is 8.33. The summed E-state index contributed by atoms with van der Waals surface area (Å²) in [4.78, 5) is 19.7.